The molecule has 0 aliphatic carbocycles. The second kappa shape index (κ2) is 10.0. The average molecular weight is 487 g/mol. The zero-order valence-corrected chi connectivity index (χ0v) is 21.2. The Bertz CT molecular complexity index is 1040. The summed E-state index contributed by atoms with van der Waals surface area (Å²) in [5.74, 6) is -0.494. The molecular weight excluding hydrogens is 451 g/mol. The summed E-state index contributed by atoms with van der Waals surface area (Å²) in [6, 6.07) is 2.89. The fraction of sp³-hybridized carbons (Fsp3) is 0.600. The first kappa shape index (κ1) is 25.2. The van der Waals surface area contributed by atoms with Crippen molar-refractivity contribution in [3.05, 3.63) is 41.0 Å². The number of urea groups is 1. The number of amidine groups is 1. The molecule has 0 radical (unpaired) electrons. The van der Waals surface area contributed by atoms with Crippen LogP contribution in [0.1, 0.15) is 44.6 Å². The number of piperazine rings is 1. The number of hydrogen-bond acceptors (Lipinski definition) is 6. The fourth-order valence-electron chi connectivity index (χ4n) is 5.19. The number of nitrogens with zero attached hydrogens (tertiary/aromatic N) is 5. The second-order valence-electron chi connectivity index (χ2n) is 10.1. The van der Waals surface area contributed by atoms with Crippen molar-refractivity contribution in [2.24, 2.45) is 4.99 Å². The first-order chi connectivity index (χ1) is 16.6. The Hall–Kier alpha value is -2.85. The average Bonchev–Trinajstić information content (AvgIpc) is 3.33. The van der Waals surface area contributed by atoms with E-state index in [2.05, 4.69) is 34.0 Å². The van der Waals surface area contributed by atoms with Gasteiger partial charge in [-0.1, -0.05) is 0 Å². The van der Waals surface area contributed by atoms with Crippen LogP contribution in [-0.4, -0.2) is 102 Å². The molecular formula is C25H35FN6O3. The molecule has 4 heterocycles. The zero-order chi connectivity index (χ0) is 25.3. The van der Waals surface area contributed by atoms with E-state index in [0.29, 0.717) is 25.5 Å². The lowest BCUT2D eigenvalue weighted by molar-refractivity contribution is 0.0384. The van der Waals surface area contributed by atoms with Crippen LogP contribution < -0.4 is 5.32 Å². The highest BCUT2D eigenvalue weighted by atomic mass is 19.1. The number of aliphatic imine (C=N–C) groups is 1. The molecule has 35 heavy (non-hydrogen) atoms. The number of methoxy groups -OCH3 is 1. The molecule has 1 fully saturated rings. The van der Waals surface area contributed by atoms with E-state index in [9.17, 15) is 14.0 Å². The summed E-state index contributed by atoms with van der Waals surface area (Å²) in [7, 11) is 1.72. The van der Waals surface area contributed by atoms with Gasteiger partial charge < -0.3 is 19.9 Å². The Kier molecular flexibility index (Phi) is 7.23. The van der Waals surface area contributed by atoms with Gasteiger partial charge in [-0.3, -0.25) is 14.7 Å². The molecule has 4 rings (SSSR count). The smallest absolute Gasteiger partial charge is 0.321 e. The van der Waals surface area contributed by atoms with Crippen molar-refractivity contribution in [1.29, 1.82) is 0 Å². The molecule has 1 aromatic heterocycles. The number of aromatic nitrogens is 1. The van der Waals surface area contributed by atoms with Gasteiger partial charge in [0.05, 0.1) is 24.8 Å². The molecule has 0 bridgehead atoms. The minimum atomic E-state index is -0.519. The molecule has 0 saturated carbocycles. The normalized spacial score (nSPS) is 24.0. The molecule has 0 spiro atoms. The third-order valence-corrected chi connectivity index (χ3v) is 7.35. The highest BCUT2D eigenvalue weighted by molar-refractivity contribution is 6.14. The number of rotatable bonds is 5. The quantitative estimate of drug-likeness (QED) is 0.645. The van der Waals surface area contributed by atoms with Gasteiger partial charge in [-0.2, -0.15) is 0 Å². The SMILES string of the molecule is COCCCN1C[C@H](C)N(C(=O)N2CC3=C(CN=C3NC(=O)c3ccc(F)cn3)C2(C)C)C[C@H]1C. The number of ether oxygens (including phenoxy) is 1. The van der Waals surface area contributed by atoms with Crippen LogP contribution in [0.15, 0.2) is 34.5 Å². The minimum absolute atomic E-state index is 0.00571. The van der Waals surface area contributed by atoms with Crippen molar-refractivity contribution < 1.29 is 18.7 Å². The van der Waals surface area contributed by atoms with Crippen LogP contribution in [0.3, 0.4) is 0 Å². The predicted molar refractivity (Wildman–Crippen MR) is 131 cm³/mol. The maximum absolute atomic E-state index is 13.8. The number of carbonyl (C=O) groups excluding carboxylic acids is 2. The van der Waals surface area contributed by atoms with Gasteiger partial charge in [0, 0.05) is 51.0 Å². The van der Waals surface area contributed by atoms with Gasteiger partial charge in [-0.15, -0.1) is 0 Å². The molecule has 0 unspecified atom stereocenters. The van der Waals surface area contributed by atoms with Crippen molar-refractivity contribution in [2.45, 2.75) is 51.7 Å². The van der Waals surface area contributed by atoms with E-state index in [1.54, 1.807) is 7.11 Å². The molecule has 10 heteroatoms. The van der Waals surface area contributed by atoms with Gasteiger partial charge in [0.1, 0.15) is 17.3 Å². The number of nitrogens with one attached hydrogen (secondary N) is 1. The first-order valence-corrected chi connectivity index (χ1v) is 12.1. The lowest BCUT2D eigenvalue weighted by Crippen LogP contribution is -2.62. The number of halogens is 1. The second-order valence-corrected chi connectivity index (χ2v) is 10.1. The number of hydrogen-bond donors (Lipinski definition) is 1. The fourth-order valence-corrected chi connectivity index (χ4v) is 5.19. The van der Waals surface area contributed by atoms with Crippen LogP contribution in [0.5, 0.6) is 0 Å². The summed E-state index contributed by atoms with van der Waals surface area (Å²) in [6.45, 7) is 12.3. The highest BCUT2D eigenvalue weighted by Gasteiger charge is 2.48. The summed E-state index contributed by atoms with van der Waals surface area (Å²) < 4.78 is 18.3. The molecule has 190 valence electrons. The number of amides is 3. The molecule has 1 saturated heterocycles. The molecule has 1 N–H and O–H groups in total. The van der Waals surface area contributed by atoms with Crippen molar-refractivity contribution in [3.63, 3.8) is 0 Å². The van der Waals surface area contributed by atoms with Crippen LogP contribution in [0.25, 0.3) is 0 Å². The first-order valence-electron chi connectivity index (χ1n) is 12.1. The van der Waals surface area contributed by atoms with E-state index in [1.165, 1.54) is 12.1 Å². The van der Waals surface area contributed by atoms with E-state index in [1.807, 2.05) is 23.6 Å². The maximum Gasteiger partial charge on any atom is 0.321 e. The standard InChI is InChI=1S/C25H35FN6O3/c1-16-14-31(17(2)13-30(16)9-6-10-35-5)24(34)32-15-19-20(25(32,3)4)12-28-22(19)29-23(33)21-8-7-18(26)11-27-21/h7-8,11,16-17H,6,9-10,12-15H2,1-5H3,(H,28,29,33)/t16-,17+/m1/s1. The third-order valence-electron chi connectivity index (χ3n) is 7.35. The van der Waals surface area contributed by atoms with Crippen molar-refractivity contribution in [2.75, 3.05) is 46.4 Å². The summed E-state index contributed by atoms with van der Waals surface area (Å²) in [6.07, 6.45) is 1.98. The van der Waals surface area contributed by atoms with Crippen LogP contribution in [0, 0.1) is 5.82 Å². The molecule has 3 aliphatic rings. The molecule has 3 aliphatic heterocycles. The number of carbonyl (C=O) groups is 2. The van der Waals surface area contributed by atoms with Crippen LogP contribution in [0.4, 0.5) is 9.18 Å². The predicted octanol–water partition coefficient (Wildman–Crippen LogP) is 2.30. The topological polar surface area (TPSA) is 90.4 Å². The van der Waals surface area contributed by atoms with E-state index in [-0.39, 0.29) is 23.8 Å². The Balaban J connectivity index is 1.43. The Morgan fingerprint density at radius 2 is 2.00 bits per heavy atom. The monoisotopic (exact) mass is 486 g/mol. The minimum Gasteiger partial charge on any atom is -0.385 e. The van der Waals surface area contributed by atoms with E-state index in [4.69, 9.17) is 4.74 Å². The van der Waals surface area contributed by atoms with Gasteiger partial charge in [-0.25, -0.2) is 14.2 Å². The lowest BCUT2D eigenvalue weighted by Gasteiger charge is -2.47. The summed E-state index contributed by atoms with van der Waals surface area (Å²) >= 11 is 0. The number of pyridine rings is 1. The Morgan fingerprint density at radius 1 is 1.23 bits per heavy atom. The third kappa shape index (κ3) is 4.95. The molecule has 2 atom stereocenters. The highest BCUT2D eigenvalue weighted by Crippen LogP contribution is 2.39. The Labute approximate surface area is 206 Å². The molecule has 3 amide bonds. The van der Waals surface area contributed by atoms with Crippen LogP contribution >= 0.6 is 0 Å². The molecule has 9 nitrogen and oxygen atoms in total. The van der Waals surface area contributed by atoms with E-state index < -0.39 is 17.3 Å². The van der Waals surface area contributed by atoms with E-state index in [0.717, 1.165) is 43.5 Å². The lowest BCUT2D eigenvalue weighted by atomic mass is 9.94. The van der Waals surface area contributed by atoms with Gasteiger partial charge in [0.2, 0.25) is 0 Å². The summed E-state index contributed by atoms with van der Waals surface area (Å²) in [5, 5.41) is 2.81. The van der Waals surface area contributed by atoms with Crippen molar-refractivity contribution >= 4 is 17.8 Å². The molecule has 0 aromatic carbocycles. The largest absolute Gasteiger partial charge is 0.385 e. The van der Waals surface area contributed by atoms with Crippen LogP contribution in [0.2, 0.25) is 0 Å². The van der Waals surface area contributed by atoms with Gasteiger partial charge in [0.15, 0.2) is 0 Å². The van der Waals surface area contributed by atoms with Gasteiger partial charge in [-0.05, 0) is 51.8 Å². The zero-order valence-electron chi connectivity index (χ0n) is 21.2. The summed E-state index contributed by atoms with van der Waals surface area (Å²) in [4.78, 5) is 41.0. The van der Waals surface area contributed by atoms with Crippen molar-refractivity contribution in [1.82, 2.24) is 25.0 Å². The Morgan fingerprint density at radius 3 is 2.69 bits per heavy atom. The van der Waals surface area contributed by atoms with Gasteiger partial charge in [0.25, 0.3) is 5.91 Å². The van der Waals surface area contributed by atoms with Gasteiger partial charge >= 0.3 is 6.03 Å². The van der Waals surface area contributed by atoms with Crippen LogP contribution in [-0.2, 0) is 4.74 Å². The molecule has 1 aromatic rings. The van der Waals surface area contributed by atoms with Crippen molar-refractivity contribution in [3.8, 4) is 0 Å². The van der Waals surface area contributed by atoms with E-state index >= 15 is 0 Å². The maximum atomic E-state index is 13.8. The summed E-state index contributed by atoms with van der Waals surface area (Å²) in [5.41, 5.74) is 1.50.